The first-order valence-electron chi connectivity index (χ1n) is 13.6. The monoisotopic (exact) mass is 635 g/mol. The van der Waals surface area contributed by atoms with Crippen LogP contribution in [-0.4, -0.2) is 55.4 Å². The second-order valence-corrected chi connectivity index (χ2v) is 12.6. The number of benzene rings is 1. The van der Waals surface area contributed by atoms with Crippen LogP contribution in [0.4, 0.5) is 24.7 Å². The summed E-state index contributed by atoms with van der Waals surface area (Å²) in [7, 11) is -4.41. The summed E-state index contributed by atoms with van der Waals surface area (Å²) in [5.41, 5.74) is 6.33. The Labute approximate surface area is 252 Å². The standard InChI is InChI=1S/C29H32F3N5O4S2/c1-2-26(38)35-27-21(23-9-5-17-42-23)7-4-10-24(27)43(40,41)36-22(8-3-6-19-11-12-25(33)34-18-19)28(39)37-15-13-20(14-16-37)29(30,31)32/h4-5,7,9-13,17-18,22,36H,2-3,6,8,14-16H2,1H3,(H2,33,34)(H,35,38)/t22-/m0/s1. The zero-order valence-electron chi connectivity index (χ0n) is 23.4. The number of sulfonamides is 1. The van der Waals surface area contributed by atoms with Gasteiger partial charge in [0.2, 0.25) is 21.8 Å². The smallest absolute Gasteiger partial charge is 0.384 e. The van der Waals surface area contributed by atoms with Crippen molar-refractivity contribution in [1.29, 1.82) is 0 Å². The number of hydrogen-bond donors (Lipinski definition) is 3. The number of nitrogens with two attached hydrogens (primary N) is 1. The van der Waals surface area contributed by atoms with E-state index in [0.717, 1.165) is 16.5 Å². The number of alkyl halides is 3. The topological polar surface area (TPSA) is 134 Å². The number of carbonyl (C=O) groups is 2. The van der Waals surface area contributed by atoms with E-state index in [0.29, 0.717) is 24.2 Å². The molecule has 14 heteroatoms. The fourth-order valence-corrected chi connectivity index (χ4v) is 6.84. The molecule has 0 fully saturated rings. The van der Waals surface area contributed by atoms with Crippen LogP contribution < -0.4 is 15.8 Å². The SMILES string of the molecule is CCC(=O)Nc1c(-c2cccs2)cccc1S(=O)(=O)N[C@@H](CCCc1ccc(N)nc1)C(=O)N1CC=C(C(F)(F)F)CC1. The Morgan fingerprint density at radius 2 is 1.95 bits per heavy atom. The van der Waals surface area contributed by atoms with Gasteiger partial charge in [0.15, 0.2) is 0 Å². The molecular weight excluding hydrogens is 603 g/mol. The predicted octanol–water partition coefficient (Wildman–Crippen LogP) is 5.13. The van der Waals surface area contributed by atoms with Crippen molar-refractivity contribution in [2.24, 2.45) is 0 Å². The highest BCUT2D eigenvalue weighted by atomic mass is 32.2. The number of para-hydroxylation sites is 1. The number of carbonyl (C=O) groups excluding carboxylic acids is 2. The van der Waals surface area contributed by atoms with Crippen LogP contribution in [0.3, 0.4) is 0 Å². The first-order valence-corrected chi connectivity index (χ1v) is 16.0. The Hall–Kier alpha value is -3.75. The third-order valence-corrected chi connectivity index (χ3v) is 9.39. The van der Waals surface area contributed by atoms with Gasteiger partial charge in [-0.3, -0.25) is 9.59 Å². The van der Waals surface area contributed by atoms with Crippen LogP contribution in [0, 0.1) is 0 Å². The molecule has 0 spiro atoms. The van der Waals surface area contributed by atoms with Gasteiger partial charge in [-0.15, -0.1) is 11.3 Å². The molecule has 0 unspecified atom stereocenters. The fourth-order valence-electron chi connectivity index (χ4n) is 4.67. The van der Waals surface area contributed by atoms with Crippen LogP contribution in [0.2, 0.25) is 0 Å². The van der Waals surface area contributed by atoms with E-state index < -0.39 is 39.6 Å². The third-order valence-electron chi connectivity index (χ3n) is 6.97. The Kier molecular flexibility index (Phi) is 10.2. The normalized spacial score (nSPS) is 14.7. The summed E-state index contributed by atoms with van der Waals surface area (Å²) in [4.78, 5) is 31.8. The molecule has 43 heavy (non-hydrogen) atoms. The number of nitrogen functional groups attached to an aromatic ring is 1. The molecule has 4 rings (SSSR count). The first-order chi connectivity index (χ1) is 20.4. The maximum atomic E-state index is 13.9. The number of thiophene rings is 1. The predicted molar refractivity (Wildman–Crippen MR) is 160 cm³/mol. The summed E-state index contributed by atoms with van der Waals surface area (Å²) in [5.74, 6) is -0.688. The lowest BCUT2D eigenvalue weighted by Gasteiger charge is -2.31. The first kappa shape index (κ1) is 32.2. The van der Waals surface area contributed by atoms with E-state index >= 15 is 0 Å². The molecule has 2 amide bonds. The lowest BCUT2D eigenvalue weighted by Crippen LogP contribution is -2.50. The van der Waals surface area contributed by atoms with Crippen molar-refractivity contribution in [3.05, 3.63) is 71.3 Å². The van der Waals surface area contributed by atoms with E-state index in [9.17, 15) is 31.2 Å². The minimum atomic E-state index is -4.49. The Bertz CT molecular complexity index is 1570. The molecule has 2 aromatic heterocycles. The maximum absolute atomic E-state index is 13.9. The number of nitrogens with zero attached hydrogens (tertiary/aromatic N) is 2. The number of pyridine rings is 1. The number of aromatic nitrogens is 1. The number of hydrogen-bond acceptors (Lipinski definition) is 7. The minimum Gasteiger partial charge on any atom is -0.384 e. The van der Waals surface area contributed by atoms with Gasteiger partial charge in [-0.1, -0.05) is 37.3 Å². The molecule has 3 heterocycles. The van der Waals surface area contributed by atoms with E-state index in [2.05, 4.69) is 15.0 Å². The van der Waals surface area contributed by atoms with Gasteiger partial charge in [0.25, 0.3) is 0 Å². The van der Waals surface area contributed by atoms with E-state index in [1.54, 1.807) is 49.5 Å². The van der Waals surface area contributed by atoms with Gasteiger partial charge in [0.05, 0.1) is 5.69 Å². The number of halogens is 3. The van der Waals surface area contributed by atoms with Gasteiger partial charge in [-0.25, -0.2) is 13.4 Å². The molecule has 0 radical (unpaired) electrons. The average Bonchev–Trinajstić information content (AvgIpc) is 3.52. The molecule has 1 aliphatic rings. The van der Waals surface area contributed by atoms with Crippen LogP contribution in [0.15, 0.2) is 70.6 Å². The van der Waals surface area contributed by atoms with Gasteiger partial charge in [-0.05, 0) is 54.8 Å². The Balaban J connectivity index is 1.64. The number of aryl methyl sites for hydroxylation is 1. The van der Waals surface area contributed by atoms with Gasteiger partial charge < -0.3 is 16.0 Å². The molecule has 0 aliphatic carbocycles. The second-order valence-electron chi connectivity index (χ2n) is 9.98. The molecule has 230 valence electrons. The number of nitrogens with one attached hydrogen (secondary N) is 2. The van der Waals surface area contributed by atoms with Gasteiger partial charge in [0, 0.05) is 41.7 Å². The summed E-state index contributed by atoms with van der Waals surface area (Å²) in [6, 6.07) is 10.3. The van der Waals surface area contributed by atoms with Gasteiger partial charge >= 0.3 is 6.18 Å². The van der Waals surface area contributed by atoms with Gasteiger partial charge in [0.1, 0.15) is 16.8 Å². The average molecular weight is 636 g/mol. The molecule has 0 bridgehead atoms. The Morgan fingerprint density at radius 1 is 1.16 bits per heavy atom. The summed E-state index contributed by atoms with van der Waals surface area (Å²) < 4.78 is 69.8. The highest BCUT2D eigenvalue weighted by Crippen LogP contribution is 2.36. The summed E-state index contributed by atoms with van der Waals surface area (Å²) in [6.07, 6.45) is -1.33. The molecule has 1 aromatic carbocycles. The van der Waals surface area contributed by atoms with Crippen LogP contribution in [-0.2, 0) is 26.0 Å². The van der Waals surface area contributed by atoms with Crippen molar-refractivity contribution < 1.29 is 31.2 Å². The number of anilines is 2. The van der Waals surface area contributed by atoms with E-state index in [4.69, 9.17) is 5.73 Å². The molecule has 0 saturated heterocycles. The largest absolute Gasteiger partial charge is 0.412 e. The quantitative estimate of drug-likeness (QED) is 0.250. The lowest BCUT2D eigenvalue weighted by atomic mass is 10.0. The van der Waals surface area contributed by atoms with E-state index in [1.165, 1.54) is 22.3 Å². The summed E-state index contributed by atoms with van der Waals surface area (Å²) in [6.45, 7) is 1.15. The zero-order valence-corrected chi connectivity index (χ0v) is 25.0. The Morgan fingerprint density at radius 3 is 2.56 bits per heavy atom. The van der Waals surface area contributed by atoms with Gasteiger partial charge in [-0.2, -0.15) is 17.9 Å². The van der Waals surface area contributed by atoms with Crippen molar-refractivity contribution >= 4 is 44.7 Å². The van der Waals surface area contributed by atoms with Crippen LogP contribution >= 0.6 is 11.3 Å². The van der Waals surface area contributed by atoms with Crippen molar-refractivity contribution in [1.82, 2.24) is 14.6 Å². The maximum Gasteiger partial charge on any atom is 0.412 e. The van der Waals surface area contributed by atoms with Crippen molar-refractivity contribution in [3.63, 3.8) is 0 Å². The van der Waals surface area contributed by atoms with Crippen molar-refractivity contribution in [2.45, 2.75) is 56.1 Å². The summed E-state index contributed by atoms with van der Waals surface area (Å²) >= 11 is 1.37. The zero-order chi connectivity index (χ0) is 31.2. The molecule has 0 saturated carbocycles. The lowest BCUT2D eigenvalue weighted by molar-refractivity contribution is -0.134. The molecule has 1 aliphatic heterocycles. The third kappa shape index (κ3) is 8.21. The van der Waals surface area contributed by atoms with E-state index in [-0.39, 0.29) is 42.9 Å². The number of amides is 2. The molecule has 1 atom stereocenters. The highest BCUT2D eigenvalue weighted by Gasteiger charge is 2.37. The molecule has 9 nitrogen and oxygen atoms in total. The van der Waals surface area contributed by atoms with Crippen molar-refractivity contribution in [2.75, 3.05) is 24.1 Å². The molecular formula is C29H32F3N5O4S2. The molecule has 4 N–H and O–H groups in total. The van der Waals surface area contributed by atoms with Crippen LogP contribution in [0.25, 0.3) is 10.4 Å². The van der Waals surface area contributed by atoms with Crippen molar-refractivity contribution in [3.8, 4) is 10.4 Å². The van der Waals surface area contributed by atoms with E-state index in [1.807, 2.05) is 5.38 Å². The molecule has 3 aromatic rings. The highest BCUT2D eigenvalue weighted by molar-refractivity contribution is 7.89. The summed E-state index contributed by atoms with van der Waals surface area (Å²) in [5, 5.41) is 4.52. The second kappa shape index (κ2) is 13.7. The number of rotatable bonds is 11. The minimum absolute atomic E-state index is 0.0655. The van der Waals surface area contributed by atoms with Crippen LogP contribution in [0.5, 0.6) is 0 Å². The van der Waals surface area contributed by atoms with Crippen LogP contribution in [0.1, 0.15) is 38.2 Å². The fraction of sp³-hybridized carbons (Fsp3) is 0.345.